The van der Waals surface area contributed by atoms with Crippen molar-refractivity contribution in [3.8, 4) is 0 Å². The lowest BCUT2D eigenvalue weighted by Crippen LogP contribution is -1.75. The van der Waals surface area contributed by atoms with Gasteiger partial charge >= 0.3 is 0 Å². The first-order chi connectivity index (χ1) is 12.9. The third kappa shape index (κ3) is 5.92. The van der Waals surface area contributed by atoms with E-state index in [0.29, 0.717) is 0 Å². The van der Waals surface area contributed by atoms with Gasteiger partial charge in [0, 0.05) is 0 Å². The average molecular weight is 334 g/mol. The smallest absolute Gasteiger partial charge is 0.0256 e. The Morgan fingerprint density at radius 2 is 0.846 bits per heavy atom. The molecule has 0 heteroatoms. The molecule has 0 nitrogen and oxygen atoms in total. The molecule has 0 saturated heterocycles. The molecule has 0 amide bonds. The largest absolute Gasteiger partial charge is 0.0622 e. The first-order valence-corrected chi connectivity index (χ1v) is 8.80. The predicted octanol–water partition coefficient (Wildman–Crippen LogP) is 7.05. The van der Waals surface area contributed by atoms with Gasteiger partial charge in [-0.1, -0.05) is 134 Å². The maximum absolute atomic E-state index is 2.14. The second-order valence-corrected chi connectivity index (χ2v) is 5.92. The lowest BCUT2D eigenvalue weighted by molar-refractivity contribution is 1.63. The molecule has 0 aliphatic rings. The molecule has 3 rings (SSSR count). The second kappa shape index (κ2) is 9.80. The Bertz CT molecular complexity index is 845. The molecule has 0 radical (unpaired) electrons. The van der Waals surface area contributed by atoms with Crippen molar-refractivity contribution in [1.82, 2.24) is 0 Å². The molecule has 0 heterocycles. The van der Waals surface area contributed by atoms with E-state index in [2.05, 4.69) is 115 Å². The SMILES string of the molecule is C(/C=C/c1ccccc1)=C(/C=C\c1ccccc1)/C=C/c1ccccc1. The first-order valence-electron chi connectivity index (χ1n) is 8.80. The Hall–Kier alpha value is -3.38. The zero-order valence-electron chi connectivity index (χ0n) is 14.7. The van der Waals surface area contributed by atoms with Crippen LogP contribution in [0, 0.1) is 0 Å². The third-order valence-electron chi connectivity index (χ3n) is 3.91. The van der Waals surface area contributed by atoms with E-state index in [-0.39, 0.29) is 0 Å². The summed E-state index contributed by atoms with van der Waals surface area (Å²) in [4.78, 5) is 0. The molecule has 0 fully saturated rings. The van der Waals surface area contributed by atoms with E-state index in [1.54, 1.807) is 0 Å². The van der Waals surface area contributed by atoms with Gasteiger partial charge in [-0.05, 0) is 22.3 Å². The molecule has 3 aromatic rings. The highest BCUT2D eigenvalue weighted by atomic mass is 13.9. The van der Waals surface area contributed by atoms with Crippen molar-refractivity contribution in [1.29, 1.82) is 0 Å². The standard InChI is InChI=1S/C26H22/c1-4-11-23(12-5-1)17-10-18-26(21-19-24-13-6-2-7-14-24)22-20-25-15-8-3-9-16-25/h1-22H/b17-10+,21-19-,22-20+,26-18?. The quantitative estimate of drug-likeness (QED) is 0.424. The molecule has 0 aromatic heterocycles. The van der Waals surface area contributed by atoms with Gasteiger partial charge in [-0.3, -0.25) is 0 Å². The average Bonchev–Trinajstić information content (AvgIpc) is 2.72. The summed E-state index contributed by atoms with van der Waals surface area (Å²) in [5.41, 5.74) is 4.73. The number of hydrogen-bond acceptors (Lipinski definition) is 0. The zero-order chi connectivity index (χ0) is 17.9. The molecule has 0 N–H and O–H groups in total. The molecule has 3 aromatic carbocycles. The Balaban J connectivity index is 1.80. The van der Waals surface area contributed by atoms with Crippen molar-refractivity contribution in [2.24, 2.45) is 0 Å². The highest BCUT2D eigenvalue weighted by Gasteiger charge is 1.89. The second-order valence-electron chi connectivity index (χ2n) is 5.92. The van der Waals surface area contributed by atoms with Crippen molar-refractivity contribution in [3.63, 3.8) is 0 Å². The summed E-state index contributed by atoms with van der Waals surface area (Å²) >= 11 is 0. The molecular formula is C26H22. The molecule has 0 aliphatic carbocycles. The normalized spacial score (nSPS) is 12.4. The van der Waals surface area contributed by atoms with Gasteiger partial charge in [-0.15, -0.1) is 0 Å². The van der Waals surface area contributed by atoms with Crippen molar-refractivity contribution >= 4 is 18.2 Å². The number of rotatable bonds is 6. The Kier molecular flexibility index (Phi) is 6.58. The summed E-state index contributed by atoms with van der Waals surface area (Å²) in [6.07, 6.45) is 14.9. The van der Waals surface area contributed by atoms with Crippen molar-refractivity contribution in [3.05, 3.63) is 138 Å². The van der Waals surface area contributed by atoms with Gasteiger partial charge in [0.15, 0.2) is 0 Å². The molecular weight excluding hydrogens is 312 g/mol. The summed E-state index contributed by atoms with van der Waals surface area (Å²) in [6.45, 7) is 0. The molecule has 0 atom stereocenters. The Morgan fingerprint density at radius 1 is 0.462 bits per heavy atom. The van der Waals surface area contributed by atoms with Gasteiger partial charge in [-0.25, -0.2) is 0 Å². The van der Waals surface area contributed by atoms with Crippen molar-refractivity contribution < 1.29 is 0 Å². The molecule has 26 heavy (non-hydrogen) atoms. The molecule has 0 spiro atoms. The van der Waals surface area contributed by atoms with Gasteiger partial charge in [0.05, 0.1) is 0 Å². The van der Waals surface area contributed by atoms with Crippen LogP contribution in [0.25, 0.3) is 18.2 Å². The lowest BCUT2D eigenvalue weighted by atomic mass is 10.1. The van der Waals surface area contributed by atoms with Crippen LogP contribution in [0.15, 0.2) is 121 Å². The summed E-state index contributed by atoms with van der Waals surface area (Å²) in [6, 6.07) is 31.0. The molecule has 126 valence electrons. The molecule has 0 bridgehead atoms. The highest BCUT2D eigenvalue weighted by Crippen LogP contribution is 2.11. The molecule has 0 aliphatic heterocycles. The van der Waals surface area contributed by atoms with Gasteiger partial charge < -0.3 is 0 Å². The van der Waals surface area contributed by atoms with E-state index in [0.717, 1.165) is 5.57 Å². The van der Waals surface area contributed by atoms with Gasteiger partial charge in [-0.2, -0.15) is 0 Å². The van der Waals surface area contributed by atoms with Crippen LogP contribution >= 0.6 is 0 Å². The monoisotopic (exact) mass is 334 g/mol. The molecule has 0 saturated carbocycles. The van der Waals surface area contributed by atoms with Crippen molar-refractivity contribution in [2.45, 2.75) is 0 Å². The van der Waals surface area contributed by atoms with E-state index in [1.807, 2.05) is 18.2 Å². The molecule has 0 unspecified atom stereocenters. The van der Waals surface area contributed by atoms with Crippen LogP contribution in [0.2, 0.25) is 0 Å². The summed E-state index contributed by atoms with van der Waals surface area (Å²) in [7, 11) is 0. The van der Waals surface area contributed by atoms with E-state index in [4.69, 9.17) is 0 Å². The van der Waals surface area contributed by atoms with E-state index < -0.39 is 0 Å². The Morgan fingerprint density at radius 3 is 1.27 bits per heavy atom. The van der Waals surface area contributed by atoms with Crippen LogP contribution in [-0.4, -0.2) is 0 Å². The number of allylic oxidation sites excluding steroid dienone is 5. The van der Waals surface area contributed by atoms with Crippen molar-refractivity contribution in [2.75, 3.05) is 0 Å². The van der Waals surface area contributed by atoms with Gasteiger partial charge in [0.1, 0.15) is 0 Å². The Labute approximate surface area is 156 Å². The maximum atomic E-state index is 2.14. The predicted molar refractivity (Wildman–Crippen MR) is 115 cm³/mol. The van der Waals surface area contributed by atoms with E-state index in [9.17, 15) is 0 Å². The lowest BCUT2D eigenvalue weighted by Gasteiger charge is -1.96. The zero-order valence-corrected chi connectivity index (χ0v) is 14.7. The summed E-state index contributed by atoms with van der Waals surface area (Å²) in [5.74, 6) is 0. The van der Waals surface area contributed by atoms with Crippen LogP contribution in [0.4, 0.5) is 0 Å². The fourth-order valence-electron chi connectivity index (χ4n) is 2.51. The van der Waals surface area contributed by atoms with Gasteiger partial charge in [0.2, 0.25) is 0 Å². The number of benzene rings is 3. The summed E-state index contributed by atoms with van der Waals surface area (Å²) < 4.78 is 0. The van der Waals surface area contributed by atoms with Crippen LogP contribution in [0.1, 0.15) is 16.7 Å². The third-order valence-corrected chi connectivity index (χ3v) is 3.91. The fourth-order valence-corrected chi connectivity index (χ4v) is 2.51. The topological polar surface area (TPSA) is 0 Å². The maximum Gasteiger partial charge on any atom is -0.0256 e. The first kappa shape index (κ1) is 17.4. The minimum atomic E-state index is 1.14. The van der Waals surface area contributed by atoms with Crippen LogP contribution in [0.5, 0.6) is 0 Å². The van der Waals surface area contributed by atoms with Gasteiger partial charge in [0.25, 0.3) is 0 Å². The van der Waals surface area contributed by atoms with E-state index in [1.165, 1.54) is 16.7 Å². The summed E-state index contributed by atoms with van der Waals surface area (Å²) in [5, 5.41) is 0. The van der Waals surface area contributed by atoms with Crippen LogP contribution in [-0.2, 0) is 0 Å². The van der Waals surface area contributed by atoms with Crippen LogP contribution < -0.4 is 0 Å². The van der Waals surface area contributed by atoms with Crippen LogP contribution in [0.3, 0.4) is 0 Å². The minimum absolute atomic E-state index is 1.14. The highest BCUT2D eigenvalue weighted by molar-refractivity contribution is 5.61. The number of hydrogen-bond donors (Lipinski definition) is 0. The van der Waals surface area contributed by atoms with E-state index >= 15 is 0 Å². The fraction of sp³-hybridized carbons (Fsp3) is 0. The minimum Gasteiger partial charge on any atom is -0.0622 e.